The van der Waals surface area contributed by atoms with E-state index in [0.29, 0.717) is 12.2 Å². The molecule has 0 aliphatic rings. The number of sulfonamides is 1. The van der Waals surface area contributed by atoms with E-state index in [9.17, 15) is 13.2 Å². The van der Waals surface area contributed by atoms with Gasteiger partial charge in [-0.05, 0) is 74.5 Å². The van der Waals surface area contributed by atoms with Crippen LogP contribution < -0.4 is 10.0 Å². The molecule has 2 rings (SSSR count). The molecule has 0 fully saturated rings. The van der Waals surface area contributed by atoms with Gasteiger partial charge in [0.15, 0.2) is 0 Å². The monoisotopic (exact) mass is 395 g/mol. The Bertz CT molecular complexity index is 816. The molecule has 0 spiro atoms. The van der Waals surface area contributed by atoms with Crippen LogP contribution in [0.25, 0.3) is 0 Å². The van der Waals surface area contributed by atoms with Gasteiger partial charge in [0.2, 0.25) is 15.9 Å². The van der Waals surface area contributed by atoms with Crippen molar-refractivity contribution in [3.63, 3.8) is 0 Å². The van der Waals surface area contributed by atoms with E-state index in [1.54, 1.807) is 37.3 Å². The van der Waals surface area contributed by atoms with Gasteiger partial charge in [-0.15, -0.1) is 0 Å². The first kappa shape index (κ1) is 20.6. The van der Waals surface area contributed by atoms with Gasteiger partial charge in [0, 0.05) is 18.3 Å². The number of rotatable bonds is 8. The quantitative estimate of drug-likeness (QED) is 0.720. The number of hydrogen-bond donors (Lipinski definition) is 2. The summed E-state index contributed by atoms with van der Waals surface area (Å²) in [6.45, 7) is 6.06. The average Bonchev–Trinajstić information content (AvgIpc) is 3.06. The second kappa shape index (κ2) is 8.77. The van der Waals surface area contributed by atoms with Crippen molar-refractivity contribution >= 4 is 33.0 Å². The van der Waals surface area contributed by atoms with Crippen LogP contribution in [-0.4, -0.2) is 38.4 Å². The predicted molar refractivity (Wildman–Crippen MR) is 106 cm³/mol. The second-order valence-corrected chi connectivity index (χ2v) is 9.01. The Hall–Kier alpha value is -1.74. The second-order valence-electron chi connectivity index (χ2n) is 6.51. The number of amides is 1. The van der Waals surface area contributed by atoms with E-state index < -0.39 is 10.0 Å². The van der Waals surface area contributed by atoms with Crippen LogP contribution in [0.4, 0.5) is 5.69 Å². The molecule has 0 bridgehead atoms. The number of nitrogens with one attached hydrogen (secondary N) is 2. The van der Waals surface area contributed by atoms with Gasteiger partial charge in [0.25, 0.3) is 0 Å². The van der Waals surface area contributed by atoms with Gasteiger partial charge < -0.3 is 5.32 Å². The van der Waals surface area contributed by atoms with Gasteiger partial charge in [-0.2, -0.15) is 11.3 Å². The summed E-state index contributed by atoms with van der Waals surface area (Å²) < 4.78 is 26.8. The van der Waals surface area contributed by atoms with Gasteiger partial charge >= 0.3 is 0 Å². The normalized spacial score (nSPS) is 13.2. The van der Waals surface area contributed by atoms with Crippen LogP contribution in [0.5, 0.6) is 0 Å². The van der Waals surface area contributed by atoms with E-state index in [2.05, 4.69) is 15.4 Å². The fraction of sp³-hybridized carbons (Fsp3) is 0.389. The maximum Gasteiger partial charge on any atom is 0.241 e. The maximum absolute atomic E-state index is 12.4. The molecule has 1 aromatic carbocycles. The lowest BCUT2D eigenvalue weighted by Crippen LogP contribution is -2.39. The summed E-state index contributed by atoms with van der Waals surface area (Å²) in [5.41, 5.74) is 1.73. The smallest absolute Gasteiger partial charge is 0.241 e. The zero-order chi connectivity index (χ0) is 19.3. The van der Waals surface area contributed by atoms with Crippen LogP contribution in [0.1, 0.15) is 26.3 Å². The summed E-state index contributed by atoms with van der Waals surface area (Å²) in [5, 5.41) is 6.90. The Morgan fingerprint density at radius 2 is 1.81 bits per heavy atom. The van der Waals surface area contributed by atoms with Crippen molar-refractivity contribution in [3.8, 4) is 0 Å². The van der Waals surface area contributed by atoms with Crippen molar-refractivity contribution in [1.82, 2.24) is 9.62 Å². The molecule has 8 heteroatoms. The largest absolute Gasteiger partial charge is 0.325 e. The van der Waals surface area contributed by atoms with Crippen LogP contribution in [0.3, 0.4) is 0 Å². The van der Waals surface area contributed by atoms with Crippen molar-refractivity contribution in [2.75, 3.05) is 12.4 Å². The molecule has 0 unspecified atom stereocenters. The molecule has 1 aromatic heterocycles. The van der Waals surface area contributed by atoms with Crippen molar-refractivity contribution in [1.29, 1.82) is 0 Å². The highest BCUT2D eigenvalue weighted by Gasteiger charge is 2.19. The SMILES string of the molecule is CC(C)NS(=O)(=O)c1ccc(NC(=O)[C@H](C)N(C)Cc2ccsc2)cc1. The van der Waals surface area contributed by atoms with Crippen LogP contribution in [0, 0.1) is 0 Å². The van der Waals surface area contributed by atoms with Crippen LogP contribution in [0.2, 0.25) is 0 Å². The van der Waals surface area contributed by atoms with Gasteiger partial charge in [-0.25, -0.2) is 13.1 Å². The van der Waals surface area contributed by atoms with E-state index in [0.717, 1.165) is 0 Å². The third kappa shape index (κ3) is 5.63. The van der Waals surface area contributed by atoms with Crippen molar-refractivity contribution in [3.05, 3.63) is 46.7 Å². The molecule has 2 aromatic rings. The lowest BCUT2D eigenvalue weighted by molar-refractivity contribution is -0.120. The average molecular weight is 396 g/mol. The van der Waals surface area contributed by atoms with E-state index in [1.165, 1.54) is 17.7 Å². The molecule has 142 valence electrons. The summed E-state index contributed by atoms with van der Waals surface area (Å²) in [5.74, 6) is -0.140. The molecule has 0 saturated heterocycles. The number of carbonyl (C=O) groups excluding carboxylic acids is 1. The standard InChI is InChI=1S/C18H25N3O3S2/c1-13(2)20-26(23,24)17-7-5-16(6-8-17)19-18(22)14(3)21(4)11-15-9-10-25-12-15/h5-10,12-14,20H,11H2,1-4H3,(H,19,22)/t14-/m0/s1. The Balaban J connectivity index is 1.98. The summed E-state index contributed by atoms with van der Waals surface area (Å²) in [4.78, 5) is 14.6. The third-order valence-electron chi connectivity index (χ3n) is 3.88. The molecule has 26 heavy (non-hydrogen) atoms. The Morgan fingerprint density at radius 1 is 1.15 bits per heavy atom. The Morgan fingerprint density at radius 3 is 2.35 bits per heavy atom. The number of thiophene rings is 1. The molecule has 1 atom stereocenters. The third-order valence-corrected chi connectivity index (χ3v) is 6.28. The summed E-state index contributed by atoms with van der Waals surface area (Å²) in [6, 6.07) is 7.70. The van der Waals surface area contributed by atoms with Crippen molar-refractivity contribution in [2.24, 2.45) is 0 Å². The summed E-state index contributed by atoms with van der Waals surface area (Å²) in [6.07, 6.45) is 0. The fourth-order valence-corrected chi connectivity index (χ4v) is 4.26. The highest BCUT2D eigenvalue weighted by Crippen LogP contribution is 2.16. The highest BCUT2D eigenvalue weighted by molar-refractivity contribution is 7.89. The molecule has 1 heterocycles. The lowest BCUT2D eigenvalue weighted by Gasteiger charge is -2.23. The summed E-state index contributed by atoms with van der Waals surface area (Å²) >= 11 is 1.63. The number of benzene rings is 1. The number of anilines is 1. The zero-order valence-electron chi connectivity index (χ0n) is 15.4. The topological polar surface area (TPSA) is 78.5 Å². The number of nitrogens with zero attached hydrogens (tertiary/aromatic N) is 1. The van der Waals surface area contributed by atoms with Crippen molar-refractivity contribution in [2.45, 2.75) is 44.3 Å². The minimum atomic E-state index is -3.53. The first-order valence-electron chi connectivity index (χ1n) is 8.33. The number of hydrogen-bond acceptors (Lipinski definition) is 5. The predicted octanol–water partition coefficient (Wildman–Crippen LogP) is 2.89. The maximum atomic E-state index is 12.4. The van der Waals surface area contributed by atoms with Crippen LogP contribution >= 0.6 is 11.3 Å². The number of carbonyl (C=O) groups is 1. The fourth-order valence-electron chi connectivity index (χ4n) is 2.35. The Kier molecular flexibility index (Phi) is 6.94. The van der Waals surface area contributed by atoms with Crippen molar-refractivity contribution < 1.29 is 13.2 Å². The molecule has 0 aliphatic carbocycles. The molecular weight excluding hydrogens is 370 g/mol. The van der Waals surface area contributed by atoms with Gasteiger partial charge in [0.1, 0.15) is 0 Å². The highest BCUT2D eigenvalue weighted by atomic mass is 32.2. The van der Waals surface area contributed by atoms with Gasteiger partial charge in [-0.3, -0.25) is 9.69 Å². The molecular formula is C18H25N3O3S2. The van der Waals surface area contributed by atoms with Gasteiger partial charge in [-0.1, -0.05) is 0 Å². The van der Waals surface area contributed by atoms with Gasteiger partial charge in [0.05, 0.1) is 10.9 Å². The molecule has 6 nitrogen and oxygen atoms in total. The molecule has 0 saturated carbocycles. The van der Waals surface area contributed by atoms with E-state index in [-0.39, 0.29) is 22.9 Å². The zero-order valence-corrected chi connectivity index (χ0v) is 17.0. The first-order valence-corrected chi connectivity index (χ1v) is 10.8. The summed E-state index contributed by atoms with van der Waals surface area (Å²) in [7, 11) is -1.64. The molecule has 0 aliphatic heterocycles. The molecule has 2 N–H and O–H groups in total. The van der Waals surface area contributed by atoms with Crippen LogP contribution in [-0.2, 0) is 21.4 Å². The van der Waals surface area contributed by atoms with E-state index in [4.69, 9.17) is 0 Å². The lowest BCUT2D eigenvalue weighted by atomic mass is 10.2. The first-order chi connectivity index (χ1) is 12.2. The Labute approximate surface area is 159 Å². The van der Waals surface area contributed by atoms with Crippen LogP contribution in [0.15, 0.2) is 46.0 Å². The van der Waals surface area contributed by atoms with E-state index in [1.807, 2.05) is 30.3 Å². The molecule has 0 radical (unpaired) electrons. The minimum Gasteiger partial charge on any atom is -0.325 e. The molecule has 1 amide bonds. The number of likely N-dealkylation sites (N-methyl/N-ethyl adjacent to an activating group) is 1. The van der Waals surface area contributed by atoms with E-state index >= 15 is 0 Å². The minimum absolute atomic E-state index is 0.140.